The molecular formula is C12H15N3S2. The molecule has 3 nitrogen and oxygen atoms in total. The Balaban J connectivity index is 2.32. The second kappa shape index (κ2) is 8.04. The highest BCUT2D eigenvalue weighted by molar-refractivity contribution is 8.10. The maximum Gasteiger partial charge on any atom is 0.133 e. The van der Waals surface area contributed by atoms with Crippen molar-refractivity contribution in [3.05, 3.63) is 30.1 Å². The summed E-state index contributed by atoms with van der Waals surface area (Å²) in [6.45, 7) is 1.49. The number of aryl methyl sites for hydroxylation is 1. The molecule has 0 fully saturated rings. The van der Waals surface area contributed by atoms with E-state index in [0.717, 1.165) is 19.4 Å². The second-order valence-corrected chi connectivity index (χ2v) is 4.76. The van der Waals surface area contributed by atoms with Crippen LogP contribution in [-0.4, -0.2) is 27.3 Å². The molecule has 0 bridgehead atoms. The summed E-state index contributed by atoms with van der Waals surface area (Å²) in [5.74, 6) is 0. The summed E-state index contributed by atoms with van der Waals surface area (Å²) in [5, 5.41) is 8.55. The minimum absolute atomic E-state index is 0.480. The van der Waals surface area contributed by atoms with Crippen LogP contribution in [0.2, 0.25) is 0 Å². The summed E-state index contributed by atoms with van der Waals surface area (Å²) in [6, 6.07) is 6.11. The Morgan fingerprint density at radius 2 is 2.35 bits per heavy atom. The van der Waals surface area contributed by atoms with E-state index in [1.807, 2.05) is 17.2 Å². The molecule has 5 heteroatoms. The fourth-order valence-corrected chi connectivity index (χ4v) is 1.89. The van der Waals surface area contributed by atoms with Gasteiger partial charge >= 0.3 is 0 Å². The summed E-state index contributed by atoms with van der Waals surface area (Å²) in [5.41, 5.74) is 1.22. The summed E-state index contributed by atoms with van der Waals surface area (Å²) >= 11 is 9.19. The van der Waals surface area contributed by atoms with Gasteiger partial charge < -0.3 is 4.90 Å². The fourth-order valence-electron chi connectivity index (χ4n) is 1.51. The molecule has 0 amide bonds. The van der Waals surface area contributed by atoms with Gasteiger partial charge in [-0.2, -0.15) is 5.26 Å². The molecule has 0 aliphatic rings. The molecule has 0 spiro atoms. The number of hydrogen-bond acceptors (Lipinski definition) is 3. The summed E-state index contributed by atoms with van der Waals surface area (Å²) in [6.07, 6.45) is 6.07. The molecule has 0 unspecified atom stereocenters. The van der Waals surface area contributed by atoms with E-state index in [2.05, 4.69) is 29.7 Å². The first-order valence-corrected chi connectivity index (χ1v) is 6.33. The molecule has 0 atom stereocenters. The minimum Gasteiger partial charge on any atom is -0.357 e. The van der Waals surface area contributed by atoms with Gasteiger partial charge in [0.25, 0.3) is 0 Å². The molecule has 90 valence electrons. The van der Waals surface area contributed by atoms with Crippen molar-refractivity contribution in [1.29, 1.82) is 5.26 Å². The van der Waals surface area contributed by atoms with Gasteiger partial charge in [0, 0.05) is 25.5 Å². The normalized spacial score (nSPS) is 9.65. The molecule has 0 saturated heterocycles. The van der Waals surface area contributed by atoms with E-state index in [1.165, 1.54) is 5.56 Å². The lowest BCUT2D eigenvalue weighted by Crippen LogP contribution is -2.28. The third kappa shape index (κ3) is 5.66. The van der Waals surface area contributed by atoms with E-state index in [0.29, 0.717) is 17.3 Å². The number of thiocarbonyl (C=S) groups is 1. The number of thiol groups is 1. The monoisotopic (exact) mass is 265 g/mol. The van der Waals surface area contributed by atoms with Crippen LogP contribution in [0.3, 0.4) is 0 Å². The van der Waals surface area contributed by atoms with Crippen molar-refractivity contribution >= 4 is 29.2 Å². The molecule has 0 radical (unpaired) electrons. The van der Waals surface area contributed by atoms with Gasteiger partial charge in [-0.15, -0.1) is 12.6 Å². The van der Waals surface area contributed by atoms with Gasteiger partial charge in [-0.05, 0) is 24.5 Å². The van der Waals surface area contributed by atoms with E-state index in [4.69, 9.17) is 17.5 Å². The van der Waals surface area contributed by atoms with Crippen LogP contribution in [0.25, 0.3) is 0 Å². The third-order valence-corrected chi connectivity index (χ3v) is 2.92. The Bertz CT molecular complexity index is 386. The maximum absolute atomic E-state index is 8.55. The molecule has 0 aliphatic heterocycles. The van der Waals surface area contributed by atoms with Crippen molar-refractivity contribution < 1.29 is 0 Å². The first-order valence-electron chi connectivity index (χ1n) is 5.47. The first-order chi connectivity index (χ1) is 8.24. The molecule has 0 aromatic carbocycles. The molecule has 17 heavy (non-hydrogen) atoms. The van der Waals surface area contributed by atoms with Gasteiger partial charge in [0.15, 0.2) is 0 Å². The molecule has 1 heterocycles. The largest absolute Gasteiger partial charge is 0.357 e. The standard InChI is InChI=1S/C12H15N3S2/c13-6-3-9-15(12(16)17)8-2-5-11-4-1-7-14-10-11/h1,4,7,10H,2-3,5,8-9H2,(H,16,17). The van der Waals surface area contributed by atoms with E-state index in [9.17, 15) is 0 Å². The van der Waals surface area contributed by atoms with Gasteiger partial charge in [0.05, 0.1) is 12.5 Å². The summed E-state index contributed by atoms with van der Waals surface area (Å²) < 4.78 is 0.562. The molecule has 0 N–H and O–H groups in total. The molecule has 0 aliphatic carbocycles. The summed E-state index contributed by atoms with van der Waals surface area (Å²) in [7, 11) is 0. The Kier molecular flexibility index (Phi) is 6.60. The number of hydrogen-bond donors (Lipinski definition) is 1. The van der Waals surface area contributed by atoms with Crippen molar-refractivity contribution in [3.63, 3.8) is 0 Å². The minimum atomic E-state index is 0.480. The fraction of sp³-hybridized carbons (Fsp3) is 0.417. The van der Waals surface area contributed by atoms with Crippen molar-refractivity contribution in [3.8, 4) is 6.07 Å². The van der Waals surface area contributed by atoms with Gasteiger partial charge in [-0.1, -0.05) is 18.3 Å². The maximum atomic E-state index is 8.55. The smallest absolute Gasteiger partial charge is 0.133 e. The van der Waals surface area contributed by atoms with Crippen molar-refractivity contribution in [2.24, 2.45) is 0 Å². The SMILES string of the molecule is N#CCCN(CCCc1cccnc1)C(=S)S. The highest BCUT2D eigenvalue weighted by atomic mass is 32.1. The highest BCUT2D eigenvalue weighted by Crippen LogP contribution is 2.05. The Labute approximate surface area is 113 Å². The zero-order chi connectivity index (χ0) is 12.5. The predicted molar refractivity (Wildman–Crippen MR) is 75.9 cm³/mol. The predicted octanol–water partition coefficient (Wildman–Crippen LogP) is 2.44. The summed E-state index contributed by atoms with van der Waals surface area (Å²) in [4.78, 5) is 6.03. The second-order valence-electron chi connectivity index (χ2n) is 3.64. The first kappa shape index (κ1) is 13.9. The van der Waals surface area contributed by atoms with Crippen LogP contribution < -0.4 is 0 Å². The van der Waals surface area contributed by atoms with Crippen LogP contribution >= 0.6 is 24.8 Å². The van der Waals surface area contributed by atoms with E-state index >= 15 is 0 Å². The van der Waals surface area contributed by atoms with E-state index < -0.39 is 0 Å². The quantitative estimate of drug-likeness (QED) is 0.633. The lowest BCUT2D eigenvalue weighted by molar-refractivity contribution is 0.432. The molecule has 1 rings (SSSR count). The zero-order valence-electron chi connectivity index (χ0n) is 9.54. The Morgan fingerprint density at radius 1 is 1.53 bits per heavy atom. The Morgan fingerprint density at radius 3 is 2.94 bits per heavy atom. The van der Waals surface area contributed by atoms with Gasteiger partial charge in [-0.25, -0.2) is 0 Å². The number of nitriles is 1. The van der Waals surface area contributed by atoms with Crippen LogP contribution in [0, 0.1) is 11.3 Å². The Hall–Kier alpha value is -1.12. The zero-order valence-corrected chi connectivity index (χ0v) is 11.3. The number of nitrogens with zero attached hydrogens (tertiary/aromatic N) is 3. The number of rotatable bonds is 6. The lowest BCUT2D eigenvalue weighted by atomic mass is 10.1. The van der Waals surface area contributed by atoms with E-state index in [-0.39, 0.29) is 0 Å². The van der Waals surface area contributed by atoms with Crippen LogP contribution in [-0.2, 0) is 6.42 Å². The molecule has 1 aromatic rings. The van der Waals surface area contributed by atoms with Gasteiger partial charge in [0.2, 0.25) is 0 Å². The lowest BCUT2D eigenvalue weighted by Gasteiger charge is -2.21. The molecule has 0 saturated carbocycles. The van der Waals surface area contributed by atoms with Crippen LogP contribution in [0.15, 0.2) is 24.5 Å². The van der Waals surface area contributed by atoms with Gasteiger partial charge in [-0.3, -0.25) is 4.98 Å². The van der Waals surface area contributed by atoms with Crippen molar-refractivity contribution in [1.82, 2.24) is 9.88 Å². The van der Waals surface area contributed by atoms with Crippen LogP contribution in [0.1, 0.15) is 18.4 Å². The number of pyridine rings is 1. The molecular weight excluding hydrogens is 250 g/mol. The van der Waals surface area contributed by atoms with Crippen molar-refractivity contribution in [2.45, 2.75) is 19.3 Å². The highest BCUT2D eigenvalue weighted by Gasteiger charge is 2.05. The third-order valence-electron chi connectivity index (χ3n) is 2.38. The van der Waals surface area contributed by atoms with Crippen molar-refractivity contribution in [2.75, 3.05) is 13.1 Å². The van der Waals surface area contributed by atoms with E-state index in [1.54, 1.807) is 6.20 Å². The number of aromatic nitrogens is 1. The average Bonchev–Trinajstić information content (AvgIpc) is 2.34. The topological polar surface area (TPSA) is 39.9 Å². The van der Waals surface area contributed by atoms with Crippen LogP contribution in [0.5, 0.6) is 0 Å². The van der Waals surface area contributed by atoms with Crippen LogP contribution in [0.4, 0.5) is 0 Å². The van der Waals surface area contributed by atoms with Gasteiger partial charge in [0.1, 0.15) is 4.32 Å². The average molecular weight is 265 g/mol. The molecule has 1 aromatic heterocycles.